The summed E-state index contributed by atoms with van der Waals surface area (Å²) in [5, 5.41) is 0. The molecule has 0 saturated heterocycles. The zero-order valence-corrected chi connectivity index (χ0v) is 9.79. The van der Waals surface area contributed by atoms with Gasteiger partial charge in [-0.15, -0.1) is 0 Å². The number of rotatable bonds is 0. The fourth-order valence-corrected chi connectivity index (χ4v) is 1.52. The van der Waals surface area contributed by atoms with Crippen molar-refractivity contribution in [3.8, 4) is 0 Å². The summed E-state index contributed by atoms with van der Waals surface area (Å²) in [4.78, 5) is 6.42. The van der Waals surface area contributed by atoms with Crippen LogP contribution in [-0.2, 0) is 0 Å². The van der Waals surface area contributed by atoms with Gasteiger partial charge in [-0.2, -0.15) is 0 Å². The number of imidazole rings is 1. The molecule has 14 heavy (non-hydrogen) atoms. The third-order valence-corrected chi connectivity index (χ3v) is 2.30. The number of aromatic nitrogens is 2. The van der Waals surface area contributed by atoms with Crippen LogP contribution >= 0.6 is 0 Å². The quantitative estimate of drug-likeness (QED) is 0.667. The molecule has 1 aliphatic rings. The molecule has 1 heterocycles. The summed E-state index contributed by atoms with van der Waals surface area (Å²) >= 11 is 0. The molecule has 1 aromatic heterocycles. The molecule has 1 N–H and O–H groups in total. The lowest BCUT2D eigenvalue weighted by molar-refractivity contribution is 0.385. The van der Waals surface area contributed by atoms with Gasteiger partial charge in [0.2, 0.25) is 0 Å². The predicted octanol–water partition coefficient (Wildman–Crippen LogP) is 4.02. The Bertz CT molecular complexity index is 147. The molecule has 1 fully saturated rings. The first-order valence-corrected chi connectivity index (χ1v) is 5.82. The smallest absolute Gasteiger partial charge is 0.0919 e. The van der Waals surface area contributed by atoms with Gasteiger partial charge in [0.1, 0.15) is 0 Å². The van der Waals surface area contributed by atoms with E-state index in [-0.39, 0.29) is 0 Å². The second-order valence-corrected chi connectivity index (χ2v) is 3.50. The van der Waals surface area contributed by atoms with Gasteiger partial charge in [-0.3, -0.25) is 0 Å². The Morgan fingerprint density at radius 3 is 2.00 bits per heavy atom. The second-order valence-electron chi connectivity index (χ2n) is 3.50. The van der Waals surface area contributed by atoms with E-state index in [1.54, 1.807) is 18.7 Å². The molecule has 0 radical (unpaired) electrons. The van der Waals surface area contributed by atoms with Crippen molar-refractivity contribution in [3.05, 3.63) is 18.7 Å². The first-order valence-electron chi connectivity index (χ1n) is 5.82. The topological polar surface area (TPSA) is 28.7 Å². The molecule has 2 nitrogen and oxygen atoms in total. The summed E-state index contributed by atoms with van der Waals surface area (Å²) in [6.45, 7) is 6.36. The lowest BCUT2D eigenvalue weighted by Gasteiger charge is -2.15. The van der Waals surface area contributed by atoms with Crippen molar-refractivity contribution in [2.24, 2.45) is 5.92 Å². The van der Waals surface area contributed by atoms with Crippen LogP contribution in [0.5, 0.6) is 0 Å². The second kappa shape index (κ2) is 10.3. The van der Waals surface area contributed by atoms with Gasteiger partial charge in [0.05, 0.1) is 6.33 Å². The Labute approximate surface area is 88.2 Å². The van der Waals surface area contributed by atoms with Crippen molar-refractivity contribution in [2.75, 3.05) is 0 Å². The Balaban J connectivity index is 0.000000213. The van der Waals surface area contributed by atoms with Crippen molar-refractivity contribution < 1.29 is 0 Å². The number of nitrogens with zero attached hydrogens (tertiary/aromatic N) is 1. The maximum Gasteiger partial charge on any atom is 0.0919 e. The highest BCUT2D eigenvalue weighted by Gasteiger charge is 2.05. The van der Waals surface area contributed by atoms with E-state index in [9.17, 15) is 0 Å². The molecule has 0 aliphatic heterocycles. The normalized spacial score (nSPS) is 15.9. The molecule has 82 valence electrons. The average molecular weight is 196 g/mol. The summed E-state index contributed by atoms with van der Waals surface area (Å²) in [6.07, 6.45) is 12.5. The van der Waals surface area contributed by atoms with Crippen LogP contribution in [0.15, 0.2) is 18.7 Å². The van der Waals surface area contributed by atoms with Crippen molar-refractivity contribution >= 4 is 0 Å². The van der Waals surface area contributed by atoms with Gasteiger partial charge in [-0.1, -0.05) is 52.9 Å². The summed E-state index contributed by atoms with van der Waals surface area (Å²) in [5.74, 6) is 1.04. The lowest BCUT2D eigenvalue weighted by atomic mass is 9.91. The molecular weight excluding hydrogens is 172 g/mol. The van der Waals surface area contributed by atoms with Crippen LogP contribution in [0.25, 0.3) is 0 Å². The molecule has 0 unspecified atom stereocenters. The highest BCUT2D eigenvalue weighted by atomic mass is 14.8. The molecule has 1 aromatic rings. The SMILES string of the molecule is CC.CC1CCCCC1.c1c[nH]cn1. The van der Waals surface area contributed by atoms with Crippen molar-refractivity contribution in [2.45, 2.75) is 52.9 Å². The van der Waals surface area contributed by atoms with Gasteiger partial charge in [-0.25, -0.2) is 4.98 Å². The van der Waals surface area contributed by atoms with Gasteiger partial charge in [-0.05, 0) is 5.92 Å². The molecule has 2 rings (SSSR count). The number of hydrogen-bond donors (Lipinski definition) is 1. The van der Waals surface area contributed by atoms with Crippen molar-refractivity contribution in [1.82, 2.24) is 9.97 Å². The minimum absolute atomic E-state index is 1.04. The van der Waals surface area contributed by atoms with Crippen LogP contribution in [0.4, 0.5) is 0 Å². The standard InChI is InChI=1S/C7H14.C3H4N2.C2H6/c1-7-5-3-2-4-6-7;1-2-5-3-4-1;1-2/h7H,2-6H2,1H3;1-3H,(H,4,5);1-2H3. The monoisotopic (exact) mass is 196 g/mol. The van der Waals surface area contributed by atoms with Crippen LogP contribution < -0.4 is 0 Å². The van der Waals surface area contributed by atoms with Crippen LogP contribution in [0.2, 0.25) is 0 Å². The van der Waals surface area contributed by atoms with Crippen LogP contribution in [0, 0.1) is 5.92 Å². The number of H-pyrrole nitrogens is 1. The van der Waals surface area contributed by atoms with Gasteiger partial charge in [0.25, 0.3) is 0 Å². The van der Waals surface area contributed by atoms with Crippen molar-refractivity contribution in [1.29, 1.82) is 0 Å². The van der Waals surface area contributed by atoms with Gasteiger partial charge in [0.15, 0.2) is 0 Å². The lowest BCUT2D eigenvalue weighted by Crippen LogP contribution is -1.99. The number of aromatic amines is 1. The molecule has 0 atom stereocenters. The fraction of sp³-hybridized carbons (Fsp3) is 0.750. The van der Waals surface area contributed by atoms with Gasteiger partial charge in [0, 0.05) is 12.4 Å². The fourth-order valence-electron chi connectivity index (χ4n) is 1.52. The van der Waals surface area contributed by atoms with Gasteiger partial charge < -0.3 is 4.98 Å². The van der Waals surface area contributed by atoms with Crippen LogP contribution in [-0.4, -0.2) is 9.97 Å². The summed E-state index contributed by atoms with van der Waals surface area (Å²) < 4.78 is 0. The molecule has 0 aromatic carbocycles. The van der Waals surface area contributed by atoms with E-state index in [1.807, 2.05) is 13.8 Å². The summed E-state index contributed by atoms with van der Waals surface area (Å²) in [7, 11) is 0. The maximum absolute atomic E-state index is 3.67. The first kappa shape index (κ1) is 13.2. The Hall–Kier alpha value is -0.790. The highest BCUT2D eigenvalue weighted by molar-refractivity contribution is 4.64. The van der Waals surface area contributed by atoms with Crippen LogP contribution in [0.3, 0.4) is 0 Å². The first-order chi connectivity index (χ1) is 6.89. The average Bonchev–Trinajstić information content (AvgIpc) is 2.80. The largest absolute Gasteiger partial charge is 0.351 e. The summed E-state index contributed by atoms with van der Waals surface area (Å²) in [6, 6.07) is 0. The Morgan fingerprint density at radius 2 is 1.79 bits per heavy atom. The van der Waals surface area contributed by atoms with E-state index in [2.05, 4.69) is 16.9 Å². The minimum atomic E-state index is 1.04. The van der Waals surface area contributed by atoms with E-state index < -0.39 is 0 Å². The number of hydrogen-bond acceptors (Lipinski definition) is 1. The molecule has 0 amide bonds. The molecular formula is C12H24N2. The molecule has 1 aliphatic carbocycles. The van der Waals surface area contributed by atoms with E-state index in [0.717, 1.165) is 5.92 Å². The molecule has 0 bridgehead atoms. The number of nitrogens with one attached hydrogen (secondary N) is 1. The highest BCUT2D eigenvalue weighted by Crippen LogP contribution is 2.21. The zero-order valence-electron chi connectivity index (χ0n) is 9.79. The third kappa shape index (κ3) is 7.84. The van der Waals surface area contributed by atoms with E-state index in [4.69, 9.17) is 0 Å². The maximum atomic E-state index is 3.67. The predicted molar refractivity (Wildman–Crippen MR) is 62.2 cm³/mol. The Kier molecular flexibility index (Phi) is 9.71. The van der Waals surface area contributed by atoms with Crippen molar-refractivity contribution in [3.63, 3.8) is 0 Å². The molecule has 1 saturated carbocycles. The van der Waals surface area contributed by atoms with E-state index in [1.165, 1.54) is 32.1 Å². The van der Waals surface area contributed by atoms with Crippen LogP contribution in [0.1, 0.15) is 52.9 Å². The zero-order chi connectivity index (χ0) is 10.6. The summed E-state index contributed by atoms with van der Waals surface area (Å²) in [5.41, 5.74) is 0. The van der Waals surface area contributed by atoms with Gasteiger partial charge >= 0.3 is 0 Å². The van der Waals surface area contributed by atoms with E-state index in [0.29, 0.717) is 0 Å². The molecule has 0 spiro atoms. The van der Waals surface area contributed by atoms with E-state index >= 15 is 0 Å². The Morgan fingerprint density at radius 1 is 1.14 bits per heavy atom. The molecule has 2 heteroatoms. The minimum Gasteiger partial charge on any atom is -0.351 e. The third-order valence-electron chi connectivity index (χ3n) is 2.30.